The van der Waals surface area contributed by atoms with E-state index in [9.17, 15) is 18.0 Å². The van der Waals surface area contributed by atoms with Gasteiger partial charge in [-0.15, -0.1) is 13.2 Å². The maximum Gasteiger partial charge on any atom is 0.573 e. The Balaban J connectivity index is 1.92. The van der Waals surface area contributed by atoms with Crippen LogP contribution in [0.25, 0.3) is 6.08 Å². The quantitative estimate of drug-likeness (QED) is 0.830. The van der Waals surface area contributed by atoms with Crippen LogP contribution in [0.1, 0.15) is 5.56 Å². The average Bonchev–Trinajstić information content (AvgIpc) is 2.54. The number of rotatable bonds is 5. The van der Waals surface area contributed by atoms with Crippen LogP contribution in [0.3, 0.4) is 0 Å². The fourth-order valence-electron chi connectivity index (χ4n) is 1.81. The smallest absolute Gasteiger partial charge is 0.497 e. The summed E-state index contributed by atoms with van der Waals surface area (Å²) in [6, 6.07) is 12.0. The first kappa shape index (κ1) is 17.4. The van der Waals surface area contributed by atoms with Crippen LogP contribution in [0.4, 0.5) is 18.9 Å². The molecule has 24 heavy (non-hydrogen) atoms. The molecule has 0 bridgehead atoms. The molecule has 2 aromatic carbocycles. The normalized spacial score (nSPS) is 11.3. The summed E-state index contributed by atoms with van der Waals surface area (Å²) >= 11 is 0. The topological polar surface area (TPSA) is 47.6 Å². The largest absolute Gasteiger partial charge is 0.573 e. The Morgan fingerprint density at radius 2 is 1.58 bits per heavy atom. The number of ether oxygens (including phenoxy) is 2. The fourth-order valence-corrected chi connectivity index (χ4v) is 1.81. The maximum absolute atomic E-state index is 12.1. The van der Waals surface area contributed by atoms with E-state index in [0.29, 0.717) is 11.4 Å². The number of carbonyl (C=O) groups excluding carboxylic acids is 1. The molecule has 0 fully saturated rings. The molecule has 7 heteroatoms. The Morgan fingerprint density at radius 3 is 2.12 bits per heavy atom. The molecule has 0 saturated heterocycles. The zero-order valence-corrected chi connectivity index (χ0v) is 12.6. The van der Waals surface area contributed by atoms with Crippen molar-refractivity contribution < 1.29 is 27.4 Å². The summed E-state index contributed by atoms with van der Waals surface area (Å²) in [6.45, 7) is 0. The molecule has 0 aromatic heterocycles. The highest BCUT2D eigenvalue weighted by atomic mass is 19.4. The van der Waals surface area contributed by atoms with Gasteiger partial charge in [-0.05, 0) is 48.0 Å². The molecule has 0 spiro atoms. The van der Waals surface area contributed by atoms with Gasteiger partial charge in [-0.2, -0.15) is 0 Å². The SMILES string of the molecule is COc1ccc(/C=C/C(=O)Nc2ccc(OC(F)(F)F)cc2)cc1. The average molecular weight is 337 g/mol. The third-order valence-corrected chi connectivity index (χ3v) is 2.90. The fraction of sp³-hybridized carbons (Fsp3) is 0.118. The summed E-state index contributed by atoms with van der Waals surface area (Å²) in [5.41, 5.74) is 1.16. The van der Waals surface area contributed by atoms with Gasteiger partial charge < -0.3 is 14.8 Å². The molecule has 0 atom stereocenters. The van der Waals surface area contributed by atoms with Crippen LogP contribution in [-0.4, -0.2) is 19.4 Å². The zero-order valence-electron chi connectivity index (χ0n) is 12.6. The highest BCUT2D eigenvalue weighted by Gasteiger charge is 2.30. The summed E-state index contributed by atoms with van der Waals surface area (Å²) in [6.07, 6.45) is -1.82. The second-order valence-corrected chi connectivity index (χ2v) is 4.67. The van der Waals surface area contributed by atoms with Gasteiger partial charge in [0.05, 0.1) is 7.11 Å². The minimum absolute atomic E-state index is 0.353. The molecule has 2 rings (SSSR count). The molecule has 1 amide bonds. The van der Waals surface area contributed by atoms with Gasteiger partial charge in [0.1, 0.15) is 11.5 Å². The Bertz CT molecular complexity index is 707. The van der Waals surface area contributed by atoms with Gasteiger partial charge in [0.15, 0.2) is 0 Å². The molecule has 0 saturated carbocycles. The molecule has 0 aliphatic heterocycles. The number of carbonyl (C=O) groups is 1. The molecule has 4 nitrogen and oxygen atoms in total. The van der Waals surface area contributed by atoms with Crippen LogP contribution in [0.5, 0.6) is 11.5 Å². The minimum atomic E-state index is -4.74. The highest BCUT2D eigenvalue weighted by molar-refractivity contribution is 6.01. The molecule has 126 valence electrons. The second-order valence-electron chi connectivity index (χ2n) is 4.67. The third-order valence-electron chi connectivity index (χ3n) is 2.90. The first-order chi connectivity index (χ1) is 11.4. The second kappa shape index (κ2) is 7.54. The number of alkyl halides is 3. The van der Waals surface area contributed by atoms with Crippen molar-refractivity contribution >= 4 is 17.7 Å². The van der Waals surface area contributed by atoms with Crippen molar-refractivity contribution in [2.45, 2.75) is 6.36 Å². The van der Waals surface area contributed by atoms with Gasteiger partial charge in [-0.1, -0.05) is 12.1 Å². The van der Waals surface area contributed by atoms with E-state index >= 15 is 0 Å². The van der Waals surface area contributed by atoms with Crippen molar-refractivity contribution in [2.24, 2.45) is 0 Å². The van der Waals surface area contributed by atoms with E-state index in [2.05, 4.69) is 10.1 Å². The lowest BCUT2D eigenvalue weighted by molar-refractivity contribution is -0.274. The Hall–Kier alpha value is -2.96. The number of hydrogen-bond donors (Lipinski definition) is 1. The molecule has 0 heterocycles. The van der Waals surface area contributed by atoms with Crippen LogP contribution < -0.4 is 14.8 Å². The number of nitrogens with one attached hydrogen (secondary N) is 1. The molecule has 0 radical (unpaired) electrons. The van der Waals surface area contributed by atoms with Crippen LogP contribution in [0.15, 0.2) is 54.6 Å². The first-order valence-corrected chi connectivity index (χ1v) is 6.85. The van der Waals surface area contributed by atoms with Crippen molar-refractivity contribution in [3.63, 3.8) is 0 Å². The van der Waals surface area contributed by atoms with Gasteiger partial charge in [-0.3, -0.25) is 4.79 Å². The van der Waals surface area contributed by atoms with Crippen LogP contribution in [0.2, 0.25) is 0 Å². The molecular formula is C17H14F3NO3. The van der Waals surface area contributed by atoms with Crippen molar-refractivity contribution in [3.8, 4) is 11.5 Å². The minimum Gasteiger partial charge on any atom is -0.497 e. The zero-order chi connectivity index (χ0) is 17.6. The van der Waals surface area contributed by atoms with Crippen molar-refractivity contribution in [2.75, 3.05) is 12.4 Å². The molecule has 2 aromatic rings. The number of halogens is 3. The lowest BCUT2D eigenvalue weighted by atomic mass is 10.2. The number of methoxy groups -OCH3 is 1. The molecule has 0 aliphatic rings. The Morgan fingerprint density at radius 1 is 1.00 bits per heavy atom. The predicted octanol–water partition coefficient (Wildman–Crippen LogP) is 4.25. The van der Waals surface area contributed by atoms with E-state index < -0.39 is 12.3 Å². The number of hydrogen-bond acceptors (Lipinski definition) is 3. The van der Waals surface area contributed by atoms with Gasteiger partial charge in [0.25, 0.3) is 0 Å². The van der Waals surface area contributed by atoms with Gasteiger partial charge in [0, 0.05) is 11.8 Å². The van der Waals surface area contributed by atoms with E-state index in [1.54, 1.807) is 37.5 Å². The van der Waals surface area contributed by atoms with E-state index in [0.717, 1.165) is 17.7 Å². The van der Waals surface area contributed by atoms with Crippen LogP contribution in [0, 0.1) is 0 Å². The lowest BCUT2D eigenvalue weighted by Gasteiger charge is -2.09. The molecule has 0 aliphatic carbocycles. The van der Waals surface area contributed by atoms with E-state index in [-0.39, 0.29) is 5.75 Å². The number of benzene rings is 2. The van der Waals surface area contributed by atoms with Gasteiger partial charge in [-0.25, -0.2) is 0 Å². The standard InChI is InChI=1S/C17H14F3NO3/c1-23-14-7-2-12(3-8-14)4-11-16(22)21-13-5-9-15(10-6-13)24-17(18,19)20/h2-11H,1H3,(H,21,22)/b11-4+. The lowest BCUT2D eigenvalue weighted by Crippen LogP contribution is -2.17. The Kier molecular flexibility index (Phi) is 5.47. The summed E-state index contributed by atoms with van der Waals surface area (Å²) < 4.78 is 44.9. The molecule has 1 N–H and O–H groups in total. The summed E-state index contributed by atoms with van der Waals surface area (Å²) in [4.78, 5) is 11.8. The third kappa shape index (κ3) is 5.68. The van der Waals surface area contributed by atoms with E-state index in [1.807, 2.05) is 0 Å². The maximum atomic E-state index is 12.1. The van der Waals surface area contributed by atoms with Crippen LogP contribution >= 0.6 is 0 Å². The Labute approximate surface area is 136 Å². The van der Waals surface area contributed by atoms with Crippen molar-refractivity contribution in [3.05, 3.63) is 60.2 Å². The van der Waals surface area contributed by atoms with Crippen molar-refractivity contribution in [1.82, 2.24) is 0 Å². The summed E-state index contributed by atoms with van der Waals surface area (Å²) in [5.74, 6) is -0.0534. The van der Waals surface area contributed by atoms with Crippen LogP contribution in [-0.2, 0) is 4.79 Å². The van der Waals surface area contributed by atoms with E-state index in [4.69, 9.17) is 4.74 Å². The highest BCUT2D eigenvalue weighted by Crippen LogP contribution is 2.24. The molecule has 0 unspecified atom stereocenters. The predicted molar refractivity (Wildman–Crippen MR) is 83.8 cm³/mol. The summed E-state index contributed by atoms with van der Waals surface area (Å²) in [5, 5.41) is 2.54. The van der Waals surface area contributed by atoms with Gasteiger partial charge >= 0.3 is 6.36 Å². The first-order valence-electron chi connectivity index (χ1n) is 6.85. The monoisotopic (exact) mass is 337 g/mol. The molecular weight excluding hydrogens is 323 g/mol. The van der Waals surface area contributed by atoms with E-state index in [1.165, 1.54) is 18.2 Å². The summed E-state index contributed by atoms with van der Waals surface area (Å²) in [7, 11) is 1.56. The van der Waals surface area contributed by atoms with Crippen molar-refractivity contribution in [1.29, 1.82) is 0 Å². The number of anilines is 1. The van der Waals surface area contributed by atoms with Gasteiger partial charge in [0.2, 0.25) is 5.91 Å². The number of amides is 1.